The molecule has 2 aromatic carbocycles. The predicted octanol–water partition coefficient (Wildman–Crippen LogP) is 5.10. The minimum Gasteiger partial charge on any atom is -0.283 e. The van der Waals surface area contributed by atoms with Crippen LogP contribution in [0.2, 0.25) is 0 Å². The Bertz CT molecular complexity index is 1290. The maximum Gasteiger partial charge on any atom is 0.236 e. The molecule has 5 nitrogen and oxygen atoms in total. The zero-order chi connectivity index (χ0) is 21.6. The second-order valence-electron chi connectivity index (χ2n) is 8.73. The number of halogens is 1. The van der Waals surface area contributed by atoms with E-state index in [1.54, 1.807) is 42.6 Å². The molecule has 2 aliphatic carbocycles. The van der Waals surface area contributed by atoms with Crippen LogP contribution in [0, 0.1) is 22.6 Å². The van der Waals surface area contributed by atoms with E-state index in [-0.39, 0.29) is 22.4 Å². The summed E-state index contributed by atoms with van der Waals surface area (Å²) in [5.41, 5.74) is 2.71. The molecular formula is C24H22FN3O2S. The third kappa shape index (κ3) is 3.66. The summed E-state index contributed by atoms with van der Waals surface area (Å²) in [6.45, 7) is 0. The number of nitrogens with zero attached hydrogens (tertiary/aromatic N) is 2. The van der Waals surface area contributed by atoms with Gasteiger partial charge in [-0.25, -0.2) is 12.8 Å². The van der Waals surface area contributed by atoms with Gasteiger partial charge in [0.2, 0.25) is 10.0 Å². The standard InChI is InChI=1S/C24H22FN3O2S/c25-18-3-6-22-21(13-18)20(9-12-27-22)17-7-10-24(11-8-17)14-23(24)31(29,30)28-19-4-1-16(15-26)2-5-19/h1-6,9,12-13,17,23,28H,7-8,10-11,14H2. The highest BCUT2D eigenvalue weighted by atomic mass is 32.2. The van der Waals surface area contributed by atoms with E-state index in [0.717, 1.165) is 42.1 Å². The predicted molar refractivity (Wildman–Crippen MR) is 117 cm³/mol. The molecule has 1 atom stereocenters. The van der Waals surface area contributed by atoms with Gasteiger partial charge in [0, 0.05) is 17.3 Å². The van der Waals surface area contributed by atoms with Crippen LogP contribution >= 0.6 is 0 Å². The molecule has 2 aliphatic rings. The van der Waals surface area contributed by atoms with E-state index < -0.39 is 10.0 Å². The highest BCUT2D eigenvalue weighted by molar-refractivity contribution is 7.93. The molecule has 7 heteroatoms. The first-order chi connectivity index (χ1) is 14.9. The molecule has 0 radical (unpaired) electrons. The van der Waals surface area contributed by atoms with Gasteiger partial charge in [-0.05, 0) is 97.5 Å². The Morgan fingerprint density at radius 3 is 2.55 bits per heavy atom. The van der Waals surface area contributed by atoms with E-state index in [1.807, 2.05) is 12.1 Å². The molecule has 1 unspecified atom stereocenters. The second kappa shape index (κ2) is 7.31. The van der Waals surface area contributed by atoms with Gasteiger partial charge in [0.1, 0.15) is 5.82 Å². The van der Waals surface area contributed by atoms with Crippen LogP contribution in [0.15, 0.2) is 54.7 Å². The van der Waals surface area contributed by atoms with E-state index in [1.165, 1.54) is 6.07 Å². The van der Waals surface area contributed by atoms with Crippen LogP contribution in [0.1, 0.15) is 49.1 Å². The van der Waals surface area contributed by atoms with Gasteiger partial charge in [-0.3, -0.25) is 9.71 Å². The van der Waals surface area contributed by atoms with Crippen LogP contribution in [0.3, 0.4) is 0 Å². The van der Waals surface area contributed by atoms with Crippen molar-refractivity contribution in [2.24, 2.45) is 5.41 Å². The van der Waals surface area contributed by atoms with Crippen molar-refractivity contribution in [2.45, 2.75) is 43.3 Å². The third-order valence-electron chi connectivity index (χ3n) is 6.92. The number of fused-ring (bicyclic) bond motifs is 1. The van der Waals surface area contributed by atoms with Crippen LogP contribution < -0.4 is 4.72 Å². The van der Waals surface area contributed by atoms with Crippen LogP contribution in [-0.4, -0.2) is 18.7 Å². The first kappa shape index (κ1) is 20.0. The van der Waals surface area contributed by atoms with Crippen molar-refractivity contribution in [3.8, 4) is 6.07 Å². The van der Waals surface area contributed by atoms with E-state index in [0.29, 0.717) is 17.7 Å². The van der Waals surface area contributed by atoms with Gasteiger partial charge >= 0.3 is 0 Å². The molecule has 1 N–H and O–H groups in total. The largest absolute Gasteiger partial charge is 0.283 e. The fraction of sp³-hybridized carbons (Fsp3) is 0.333. The number of sulfonamides is 1. The van der Waals surface area contributed by atoms with Crippen molar-refractivity contribution in [2.75, 3.05) is 4.72 Å². The van der Waals surface area contributed by atoms with E-state index in [2.05, 4.69) is 9.71 Å². The molecule has 1 aromatic heterocycles. The molecule has 2 saturated carbocycles. The van der Waals surface area contributed by atoms with E-state index in [4.69, 9.17) is 5.26 Å². The Kier molecular flexibility index (Phi) is 4.71. The number of aromatic nitrogens is 1. The van der Waals surface area contributed by atoms with Gasteiger partial charge in [-0.15, -0.1) is 0 Å². The summed E-state index contributed by atoms with van der Waals surface area (Å²) >= 11 is 0. The maximum atomic E-state index is 13.8. The number of rotatable bonds is 4. The molecular weight excluding hydrogens is 413 g/mol. The minimum absolute atomic E-state index is 0.164. The quantitative estimate of drug-likeness (QED) is 0.618. The monoisotopic (exact) mass is 435 g/mol. The van der Waals surface area contributed by atoms with Gasteiger partial charge in [-0.1, -0.05) is 0 Å². The molecule has 0 aliphatic heterocycles. The van der Waals surface area contributed by atoms with E-state index >= 15 is 0 Å². The third-order valence-corrected chi connectivity index (χ3v) is 8.86. The highest BCUT2D eigenvalue weighted by Crippen LogP contribution is 2.61. The van der Waals surface area contributed by atoms with Gasteiger partial charge < -0.3 is 0 Å². The van der Waals surface area contributed by atoms with Crippen molar-refractivity contribution in [1.82, 2.24) is 4.98 Å². The fourth-order valence-electron chi connectivity index (χ4n) is 5.12. The topological polar surface area (TPSA) is 82.9 Å². The molecule has 0 bridgehead atoms. The molecule has 158 valence electrons. The highest BCUT2D eigenvalue weighted by Gasteiger charge is 2.61. The van der Waals surface area contributed by atoms with E-state index in [9.17, 15) is 12.8 Å². The number of nitrogens with one attached hydrogen (secondary N) is 1. The van der Waals surface area contributed by atoms with Crippen molar-refractivity contribution < 1.29 is 12.8 Å². The zero-order valence-electron chi connectivity index (χ0n) is 16.9. The molecule has 1 heterocycles. The number of hydrogen-bond donors (Lipinski definition) is 1. The van der Waals surface area contributed by atoms with Gasteiger partial charge in [0.15, 0.2) is 0 Å². The lowest BCUT2D eigenvalue weighted by Gasteiger charge is -2.30. The van der Waals surface area contributed by atoms with Gasteiger partial charge in [0.05, 0.1) is 22.4 Å². The second-order valence-corrected chi connectivity index (χ2v) is 10.6. The molecule has 0 saturated heterocycles. The number of pyridine rings is 1. The lowest BCUT2D eigenvalue weighted by Crippen LogP contribution is -2.25. The Labute approximate surface area is 181 Å². The summed E-state index contributed by atoms with van der Waals surface area (Å²) in [5.74, 6) is 0.0182. The summed E-state index contributed by atoms with van der Waals surface area (Å²) < 4.78 is 42.3. The first-order valence-corrected chi connectivity index (χ1v) is 12.0. The lowest BCUT2D eigenvalue weighted by molar-refractivity contribution is 0.307. The fourth-order valence-corrected chi connectivity index (χ4v) is 7.18. The summed E-state index contributed by atoms with van der Waals surface area (Å²) in [6.07, 6.45) is 5.91. The zero-order valence-corrected chi connectivity index (χ0v) is 17.7. The summed E-state index contributed by atoms with van der Waals surface area (Å²) in [7, 11) is -3.48. The summed E-state index contributed by atoms with van der Waals surface area (Å²) in [5, 5.41) is 9.36. The molecule has 3 aromatic rings. The van der Waals surface area contributed by atoms with Crippen LogP contribution in [0.4, 0.5) is 10.1 Å². The lowest BCUT2D eigenvalue weighted by atomic mass is 9.76. The Balaban J connectivity index is 1.29. The first-order valence-electron chi connectivity index (χ1n) is 10.5. The van der Waals surface area contributed by atoms with Crippen molar-refractivity contribution in [1.29, 1.82) is 5.26 Å². The average Bonchev–Trinajstić information content (AvgIpc) is 3.49. The van der Waals surface area contributed by atoms with Crippen LogP contribution in [0.5, 0.6) is 0 Å². The summed E-state index contributed by atoms with van der Waals surface area (Å²) in [6, 6.07) is 15.1. The normalized spacial score (nSPS) is 25.3. The Morgan fingerprint density at radius 1 is 1.10 bits per heavy atom. The number of hydrogen-bond acceptors (Lipinski definition) is 4. The number of nitriles is 1. The smallest absolute Gasteiger partial charge is 0.236 e. The molecule has 2 fully saturated rings. The van der Waals surface area contributed by atoms with Crippen molar-refractivity contribution >= 4 is 26.6 Å². The summed E-state index contributed by atoms with van der Waals surface area (Å²) in [4.78, 5) is 4.34. The van der Waals surface area contributed by atoms with Crippen LogP contribution in [-0.2, 0) is 10.0 Å². The minimum atomic E-state index is -3.48. The van der Waals surface area contributed by atoms with Gasteiger partial charge in [-0.2, -0.15) is 5.26 Å². The van der Waals surface area contributed by atoms with Crippen molar-refractivity contribution in [3.05, 3.63) is 71.7 Å². The van der Waals surface area contributed by atoms with Crippen molar-refractivity contribution in [3.63, 3.8) is 0 Å². The number of anilines is 1. The maximum absolute atomic E-state index is 13.8. The average molecular weight is 436 g/mol. The molecule has 0 amide bonds. The SMILES string of the molecule is N#Cc1ccc(NS(=O)(=O)C2CC23CCC(c2ccnc4ccc(F)cc24)CC3)cc1. The van der Waals surface area contributed by atoms with Crippen LogP contribution in [0.25, 0.3) is 10.9 Å². The molecule has 31 heavy (non-hydrogen) atoms. The molecule has 5 rings (SSSR count). The molecule has 1 spiro atoms. The Morgan fingerprint density at radius 2 is 1.84 bits per heavy atom. The number of benzene rings is 2. The Hall–Kier alpha value is -2.98. The van der Waals surface area contributed by atoms with Gasteiger partial charge in [0.25, 0.3) is 0 Å².